The van der Waals surface area contributed by atoms with Crippen molar-refractivity contribution in [1.29, 1.82) is 0 Å². The van der Waals surface area contributed by atoms with Crippen molar-refractivity contribution in [3.05, 3.63) is 0 Å². The fraction of sp³-hybridized carbons (Fsp3) is 0.900. The van der Waals surface area contributed by atoms with Crippen molar-refractivity contribution in [2.75, 3.05) is 12.8 Å². The molecular weight excluding hydrogens is 242 g/mol. The Hall–Kier alpha value is -0.660. The monoisotopic (exact) mass is 265 g/mol. The van der Waals surface area contributed by atoms with Crippen molar-refractivity contribution in [3.8, 4) is 0 Å². The maximum atomic E-state index is 11.5. The fourth-order valence-corrected chi connectivity index (χ4v) is 2.50. The Morgan fingerprint density at radius 2 is 1.94 bits per heavy atom. The third-order valence-corrected chi connectivity index (χ3v) is 3.03. The first-order valence-electron chi connectivity index (χ1n) is 5.59. The Bertz CT molecular complexity index is 352. The van der Waals surface area contributed by atoms with Gasteiger partial charge in [-0.05, 0) is 20.3 Å². The summed E-state index contributed by atoms with van der Waals surface area (Å²) in [5.41, 5.74) is 4.91. The molecule has 0 saturated heterocycles. The molecule has 0 fully saturated rings. The van der Waals surface area contributed by atoms with E-state index in [0.717, 1.165) is 12.7 Å². The molecule has 0 saturated carbocycles. The van der Waals surface area contributed by atoms with Crippen molar-refractivity contribution in [3.63, 3.8) is 0 Å². The minimum atomic E-state index is -3.29. The number of rotatable bonds is 7. The standard InChI is InChI=1S/C10H23N3O3S/c1-5-6-8(11)9(14)12-7-10(2,3)13-17(4,15)16/h8,13H,5-7,11H2,1-4H3,(H,12,14). The van der Waals surface area contributed by atoms with E-state index in [1.807, 2.05) is 6.92 Å². The van der Waals surface area contributed by atoms with Gasteiger partial charge < -0.3 is 11.1 Å². The molecule has 0 aromatic rings. The Morgan fingerprint density at radius 1 is 1.41 bits per heavy atom. The van der Waals surface area contributed by atoms with Crippen molar-refractivity contribution >= 4 is 15.9 Å². The van der Waals surface area contributed by atoms with Gasteiger partial charge in [0.25, 0.3) is 0 Å². The first-order chi connectivity index (χ1) is 7.57. The summed E-state index contributed by atoms with van der Waals surface area (Å²) in [6.45, 7) is 5.54. The van der Waals surface area contributed by atoms with Gasteiger partial charge in [0.2, 0.25) is 15.9 Å². The lowest BCUT2D eigenvalue weighted by Gasteiger charge is -2.26. The Labute approximate surface area is 103 Å². The van der Waals surface area contributed by atoms with E-state index in [1.54, 1.807) is 13.8 Å². The number of carbonyl (C=O) groups is 1. The van der Waals surface area contributed by atoms with Crippen molar-refractivity contribution in [2.45, 2.75) is 45.2 Å². The molecule has 0 rings (SSSR count). The highest BCUT2D eigenvalue weighted by Crippen LogP contribution is 2.02. The number of hydrogen-bond acceptors (Lipinski definition) is 4. The van der Waals surface area contributed by atoms with Gasteiger partial charge in [-0.2, -0.15) is 0 Å². The van der Waals surface area contributed by atoms with E-state index in [2.05, 4.69) is 10.0 Å². The molecule has 6 nitrogen and oxygen atoms in total. The zero-order valence-electron chi connectivity index (χ0n) is 10.9. The topological polar surface area (TPSA) is 101 Å². The van der Waals surface area contributed by atoms with Crippen LogP contribution in [0.1, 0.15) is 33.6 Å². The van der Waals surface area contributed by atoms with E-state index >= 15 is 0 Å². The molecule has 0 radical (unpaired) electrons. The first-order valence-corrected chi connectivity index (χ1v) is 7.49. The van der Waals surface area contributed by atoms with Crippen LogP contribution in [0.4, 0.5) is 0 Å². The van der Waals surface area contributed by atoms with E-state index in [4.69, 9.17) is 5.73 Å². The average Bonchev–Trinajstić information content (AvgIpc) is 2.10. The summed E-state index contributed by atoms with van der Waals surface area (Å²) in [6.07, 6.45) is 2.53. The van der Waals surface area contributed by atoms with Crippen molar-refractivity contribution < 1.29 is 13.2 Å². The molecule has 0 heterocycles. The summed E-state index contributed by atoms with van der Waals surface area (Å²) in [7, 11) is -3.29. The molecule has 7 heteroatoms. The molecule has 1 unspecified atom stereocenters. The highest BCUT2D eigenvalue weighted by Gasteiger charge is 2.23. The molecule has 0 aliphatic heterocycles. The second-order valence-electron chi connectivity index (χ2n) is 4.87. The summed E-state index contributed by atoms with van der Waals surface area (Å²) < 4.78 is 24.6. The highest BCUT2D eigenvalue weighted by molar-refractivity contribution is 7.88. The van der Waals surface area contributed by atoms with E-state index in [1.165, 1.54) is 0 Å². The van der Waals surface area contributed by atoms with Gasteiger partial charge >= 0.3 is 0 Å². The summed E-state index contributed by atoms with van der Waals surface area (Å²) in [6, 6.07) is -0.533. The summed E-state index contributed by atoms with van der Waals surface area (Å²) in [4.78, 5) is 11.5. The normalized spacial score (nSPS) is 14.4. The number of amides is 1. The maximum Gasteiger partial charge on any atom is 0.236 e. The molecule has 0 aromatic carbocycles. The SMILES string of the molecule is CCCC(N)C(=O)NCC(C)(C)NS(C)(=O)=O. The molecule has 4 N–H and O–H groups in total. The van der Waals surface area contributed by atoms with E-state index in [-0.39, 0.29) is 12.5 Å². The van der Waals surface area contributed by atoms with Crippen LogP contribution in [0.2, 0.25) is 0 Å². The number of nitrogens with one attached hydrogen (secondary N) is 2. The van der Waals surface area contributed by atoms with E-state index in [9.17, 15) is 13.2 Å². The van der Waals surface area contributed by atoms with E-state index in [0.29, 0.717) is 6.42 Å². The van der Waals surface area contributed by atoms with Gasteiger partial charge in [0.1, 0.15) is 0 Å². The molecule has 0 spiro atoms. The highest BCUT2D eigenvalue weighted by atomic mass is 32.2. The van der Waals surface area contributed by atoms with Crippen LogP contribution >= 0.6 is 0 Å². The number of nitrogens with two attached hydrogens (primary N) is 1. The van der Waals surface area contributed by atoms with Gasteiger partial charge in [-0.25, -0.2) is 13.1 Å². The number of carbonyl (C=O) groups excluding carboxylic acids is 1. The van der Waals surface area contributed by atoms with Crippen LogP contribution in [-0.4, -0.2) is 38.7 Å². The van der Waals surface area contributed by atoms with Crippen molar-refractivity contribution in [1.82, 2.24) is 10.0 Å². The average molecular weight is 265 g/mol. The second-order valence-corrected chi connectivity index (χ2v) is 6.62. The number of hydrogen-bond donors (Lipinski definition) is 3. The van der Waals surface area contributed by atoms with Crippen molar-refractivity contribution in [2.24, 2.45) is 5.73 Å². The molecule has 0 aliphatic carbocycles. The zero-order valence-corrected chi connectivity index (χ0v) is 11.7. The van der Waals surface area contributed by atoms with Gasteiger partial charge in [-0.3, -0.25) is 4.79 Å². The van der Waals surface area contributed by atoms with Crippen LogP contribution in [0, 0.1) is 0 Å². The van der Waals surface area contributed by atoms with Gasteiger partial charge in [0.05, 0.1) is 12.3 Å². The van der Waals surface area contributed by atoms with Crippen LogP contribution in [-0.2, 0) is 14.8 Å². The molecule has 1 atom stereocenters. The van der Waals surface area contributed by atoms with Crippen LogP contribution in [0.3, 0.4) is 0 Å². The first kappa shape index (κ1) is 16.3. The summed E-state index contributed by atoms with van der Waals surface area (Å²) >= 11 is 0. The van der Waals surface area contributed by atoms with Crippen LogP contribution in [0.5, 0.6) is 0 Å². The predicted molar refractivity (Wildman–Crippen MR) is 68.0 cm³/mol. The molecule has 0 bridgehead atoms. The smallest absolute Gasteiger partial charge is 0.236 e. The molecule has 0 aromatic heterocycles. The molecular formula is C10H23N3O3S. The van der Waals surface area contributed by atoms with Gasteiger partial charge in [0.15, 0.2) is 0 Å². The lowest BCUT2D eigenvalue weighted by molar-refractivity contribution is -0.122. The fourth-order valence-electron chi connectivity index (χ4n) is 1.42. The maximum absolute atomic E-state index is 11.5. The summed E-state index contributed by atoms with van der Waals surface area (Å²) in [5.74, 6) is -0.254. The van der Waals surface area contributed by atoms with Gasteiger partial charge in [-0.15, -0.1) is 0 Å². The largest absolute Gasteiger partial charge is 0.353 e. The lowest BCUT2D eigenvalue weighted by atomic mass is 10.1. The Balaban J connectivity index is 4.23. The molecule has 0 aliphatic rings. The third-order valence-electron chi connectivity index (χ3n) is 2.10. The lowest BCUT2D eigenvalue weighted by Crippen LogP contribution is -2.53. The van der Waals surface area contributed by atoms with Crippen LogP contribution in [0.25, 0.3) is 0 Å². The minimum absolute atomic E-state index is 0.205. The Kier molecular flexibility index (Phi) is 6.08. The van der Waals surface area contributed by atoms with E-state index < -0.39 is 21.6 Å². The minimum Gasteiger partial charge on any atom is -0.353 e. The zero-order chi connectivity index (χ0) is 13.7. The van der Waals surface area contributed by atoms with Gasteiger partial charge in [-0.1, -0.05) is 13.3 Å². The number of sulfonamides is 1. The molecule has 17 heavy (non-hydrogen) atoms. The quantitative estimate of drug-likeness (QED) is 0.580. The van der Waals surface area contributed by atoms with Gasteiger partial charge in [0, 0.05) is 12.1 Å². The summed E-state index contributed by atoms with van der Waals surface area (Å²) in [5, 5.41) is 2.64. The third kappa shape index (κ3) is 8.12. The Morgan fingerprint density at radius 3 is 2.35 bits per heavy atom. The molecule has 1 amide bonds. The molecule has 102 valence electrons. The van der Waals surface area contributed by atoms with Crippen LogP contribution < -0.4 is 15.8 Å². The second kappa shape index (κ2) is 6.32. The van der Waals surface area contributed by atoms with Crippen LogP contribution in [0.15, 0.2) is 0 Å². The predicted octanol–water partition coefficient (Wildman–Crippen LogP) is -0.442.